The summed E-state index contributed by atoms with van der Waals surface area (Å²) in [6.45, 7) is 9.04. The summed E-state index contributed by atoms with van der Waals surface area (Å²) in [5.41, 5.74) is 0. The second-order valence-electron chi connectivity index (χ2n) is 8.21. The van der Waals surface area contributed by atoms with Gasteiger partial charge in [0.25, 0.3) is 5.91 Å². The van der Waals surface area contributed by atoms with E-state index in [-0.39, 0.29) is 5.91 Å². The Bertz CT molecular complexity index is 664. The fourth-order valence-electron chi connectivity index (χ4n) is 3.30. The van der Waals surface area contributed by atoms with E-state index in [9.17, 15) is 4.79 Å². The van der Waals surface area contributed by atoms with E-state index in [1.807, 2.05) is 33.0 Å². The van der Waals surface area contributed by atoms with Crippen LogP contribution in [0.15, 0.2) is 0 Å². The molecule has 2 aliphatic heterocycles. The smallest absolute Gasteiger partial charge is 0.277 e. The van der Waals surface area contributed by atoms with Crippen LogP contribution in [0.5, 0.6) is 0 Å². The van der Waals surface area contributed by atoms with Gasteiger partial charge in [0.2, 0.25) is 17.8 Å². The van der Waals surface area contributed by atoms with Gasteiger partial charge >= 0.3 is 0 Å². The van der Waals surface area contributed by atoms with Crippen LogP contribution in [0, 0.1) is 0 Å². The van der Waals surface area contributed by atoms with E-state index >= 15 is 0 Å². The van der Waals surface area contributed by atoms with Crippen molar-refractivity contribution in [2.24, 2.45) is 0 Å². The van der Waals surface area contributed by atoms with Gasteiger partial charge in [-0.3, -0.25) is 4.79 Å². The van der Waals surface area contributed by atoms with Crippen LogP contribution < -0.4 is 15.1 Å². The molecule has 156 valence electrons. The molecule has 2 saturated heterocycles. The molecule has 0 radical (unpaired) electrons. The van der Waals surface area contributed by atoms with Crippen LogP contribution in [0.1, 0.15) is 6.92 Å². The molecule has 0 unspecified atom stereocenters. The second kappa shape index (κ2) is 8.87. The number of nitrogens with zero attached hydrogens (tertiary/aromatic N) is 7. The molecule has 1 aromatic rings. The summed E-state index contributed by atoms with van der Waals surface area (Å²) in [5.74, 6) is 2.15. The van der Waals surface area contributed by atoms with Gasteiger partial charge in [0.1, 0.15) is 0 Å². The van der Waals surface area contributed by atoms with Gasteiger partial charge in [-0.2, -0.15) is 15.0 Å². The van der Waals surface area contributed by atoms with Crippen molar-refractivity contribution >= 4 is 23.8 Å². The first-order chi connectivity index (χ1) is 13.4. The summed E-state index contributed by atoms with van der Waals surface area (Å²) in [6.07, 6.45) is 0. The molecule has 0 aliphatic carbocycles. The topological polar surface area (TPSA) is 86.7 Å². The zero-order valence-corrected chi connectivity index (χ0v) is 17.5. The van der Waals surface area contributed by atoms with Crippen molar-refractivity contribution in [3.05, 3.63) is 0 Å². The highest BCUT2D eigenvalue weighted by molar-refractivity contribution is 5.77. The van der Waals surface area contributed by atoms with E-state index in [1.54, 1.807) is 0 Å². The molecular formula is C18H33N8O2+. The summed E-state index contributed by atoms with van der Waals surface area (Å²) >= 11 is 0. The molecule has 10 nitrogen and oxygen atoms in total. The molecule has 28 heavy (non-hydrogen) atoms. The number of ether oxygens (including phenoxy) is 1. The van der Waals surface area contributed by atoms with Crippen LogP contribution in [-0.2, 0) is 9.53 Å². The highest BCUT2D eigenvalue weighted by atomic mass is 16.5. The first kappa shape index (κ1) is 20.5. The third-order valence-electron chi connectivity index (χ3n) is 4.77. The molecule has 0 saturated carbocycles. The largest absolute Gasteiger partial charge is 0.378 e. The minimum atomic E-state index is 0.199. The number of anilines is 3. The van der Waals surface area contributed by atoms with E-state index in [2.05, 4.69) is 25.1 Å². The number of hydrogen-bond donors (Lipinski definition) is 1. The maximum atomic E-state index is 12.5. The molecule has 10 heteroatoms. The van der Waals surface area contributed by atoms with Gasteiger partial charge in [0.05, 0.1) is 34.4 Å². The van der Waals surface area contributed by atoms with Crippen molar-refractivity contribution in [2.45, 2.75) is 6.92 Å². The fourth-order valence-corrected chi connectivity index (χ4v) is 3.30. The van der Waals surface area contributed by atoms with Crippen LogP contribution in [-0.4, -0.2) is 117 Å². The predicted molar refractivity (Wildman–Crippen MR) is 109 cm³/mol. The average Bonchev–Trinajstić information content (AvgIpc) is 2.67. The first-order valence-electron chi connectivity index (χ1n) is 10.0. The van der Waals surface area contributed by atoms with Gasteiger partial charge in [-0.15, -0.1) is 0 Å². The molecule has 1 amide bonds. The summed E-state index contributed by atoms with van der Waals surface area (Å²) in [4.78, 5) is 32.6. The zero-order valence-electron chi connectivity index (χ0n) is 17.5. The lowest BCUT2D eigenvalue weighted by Crippen LogP contribution is -2.53. The molecule has 3 rings (SSSR count). The Balaban J connectivity index is 1.69. The number of piperazine rings is 1. The summed E-state index contributed by atoms with van der Waals surface area (Å²) < 4.78 is 6.08. The number of morpholine rings is 1. The predicted octanol–water partition coefficient (Wildman–Crippen LogP) is -0.505. The Morgan fingerprint density at radius 3 is 2.07 bits per heavy atom. The van der Waals surface area contributed by atoms with Gasteiger partial charge < -0.3 is 29.2 Å². The lowest BCUT2D eigenvalue weighted by molar-refractivity contribution is -0.862. The molecule has 2 fully saturated rings. The number of nitrogens with one attached hydrogen (secondary N) is 1. The van der Waals surface area contributed by atoms with Gasteiger partial charge in [-0.1, -0.05) is 0 Å². The Morgan fingerprint density at radius 1 is 0.964 bits per heavy atom. The minimum Gasteiger partial charge on any atom is -0.378 e. The number of carbonyl (C=O) groups excluding carboxylic acids is 1. The number of hydrogen-bond acceptors (Lipinski definition) is 8. The Kier molecular flexibility index (Phi) is 6.50. The van der Waals surface area contributed by atoms with Crippen molar-refractivity contribution in [1.82, 2.24) is 19.9 Å². The number of rotatable bonds is 6. The van der Waals surface area contributed by atoms with E-state index in [1.165, 1.54) is 0 Å². The lowest BCUT2D eigenvalue weighted by atomic mass is 10.3. The Labute approximate surface area is 167 Å². The van der Waals surface area contributed by atoms with E-state index in [0.29, 0.717) is 55.2 Å². The summed E-state index contributed by atoms with van der Waals surface area (Å²) in [6, 6.07) is 0. The first-order valence-corrected chi connectivity index (χ1v) is 10.0. The molecule has 0 atom stereocenters. The number of likely N-dealkylation sites (N-methyl/N-ethyl adjacent to an activating group) is 1. The van der Waals surface area contributed by atoms with Crippen molar-refractivity contribution in [3.63, 3.8) is 0 Å². The zero-order chi connectivity index (χ0) is 20.1. The Morgan fingerprint density at radius 2 is 1.54 bits per heavy atom. The third-order valence-corrected chi connectivity index (χ3v) is 4.77. The highest BCUT2D eigenvalue weighted by Gasteiger charge is 2.27. The summed E-state index contributed by atoms with van der Waals surface area (Å²) in [7, 11) is 6.11. The van der Waals surface area contributed by atoms with Crippen LogP contribution in [0.3, 0.4) is 0 Å². The maximum absolute atomic E-state index is 12.5. The molecule has 1 aromatic heterocycles. The average molecular weight is 394 g/mol. The Hall–Kier alpha value is -2.20. The van der Waals surface area contributed by atoms with Crippen molar-refractivity contribution < 1.29 is 14.0 Å². The van der Waals surface area contributed by atoms with Crippen molar-refractivity contribution in [1.29, 1.82) is 0 Å². The molecular weight excluding hydrogens is 360 g/mol. The molecule has 0 spiro atoms. The van der Waals surface area contributed by atoms with Crippen LogP contribution in [0.4, 0.5) is 17.8 Å². The van der Waals surface area contributed by atoms with Crippen LogP contribution in [0.25, 0.3) is 0 Å². The lowest BCUT2D eigenvalue weighted by Gasteiger charge is -2.36. The standard InChI is InChI=1S/C18H33N8O2/c1-5-19-16-20-17(22-18(21-16)25-10-12-28-13-11-25)24-8-6-23(7-9-24)15(27)14-26(2,3)4/h5-14H2,1-4H3,(H,19,20,21,22)/q+1. The number of carbonyl (C=O) groups is 1. The molecule has 1 N–H and O–H groups in total. The van der Waals surface area contributed by atoms with Crippen molar-refractivity contribution in [2.75, 3.05) is 102 Å². The van der Waals surface area contributed by atoms with Crippen molar-refractivity contribution in [3.8, 4) is 0 Å². The van der Waals surface area contributed by atoms with Gasteiger partial charge in [-0.05, 0) is 6.92 Å². The fraction of sp³-hybridized carbons (Fsp3) is 0.778. The molecule has 0 bridgehead atoms. The normalized spacial score (nSPS) is 18.4. The number of amides is 1. The van der Waals surface area contributed by atoms with E-state index in [4.69, 9.17) is 9.72 Å². The van der Waals surface area contributed by atoms with Gasteiger partial charge in [0.15, 0.2) is 6.54 Å². The van der Waals surface area contributed by atoms with Gasteiger partial charge in [0, 0.05) is 45.8 Å². The number of quaternary nitrogens is 1. The van der Waals surface area contributed by atoms with E-state index in [0.717, 1.165) is 32.7 Å². The highest BCUT2D eigenvalue weighted by Crippen LogP contribution is 2.19. The molecule has 0 aromatic carbocycles. The van der Waals surface area contributed by atoms with Crippen LogP contribution in [0.2, 0.25) is 0 Å². The SMILES string of the molecule is CCNc1nc(N2CCOCC2)nc(N2CCN(C(=O)C[N+](C)(C)C)CC2)n1. The monoisotopic (exact) mass is 393 g/mol. The third kappa shape index (κ3) is 5.41. The maximum Gasteiger partial charge on any atom is 0.277 e. The summed E-state index contributed by atoms with van der Waals surface area (Å²) in [5, 5.41) is 3.21. The molecule has 3 heterocycles. The minimum absolute atomic E-state index is 0.199. The second-order valence-corrected chi connectivity index (χ2v) is 8.21. The number of aromatic nitrogens is 3. The van der Waals surface area contributed by atoms with E-state index < -0.39 is 0 Å². The molecule has 2 aliphatic rings. The quantitative estimate of drug-likeness (QED) is 0.647. The van der Waals surface area contributed by atoms with Crippen LogP contribution >= 0.6 is 0 Å². The van der Waals surface area contributed by atoms with Gasteiger partial charge in [-0.25, -0.2) is 0 Å².